The predicted molar refractivity (Wildman–Crippen MR) is 74.5 cm³/mol. The van der Waals surface area contributed by atoms with Crippen molar-refractivity contribution >= 4 is 5.91 Å². The van der Waals surface area contributed by atoms with E-state index in [4.69, 9.17) is 0 Å². The lowest BCUT2D eigenvalue weighted by molar-refractivity contribution is -0.139. The van der Waals surface area contributed by atoms with E-state index in [9.17, 15) is 4.79 Å². The van der Waals surface area contributed by atoms with E-state index in [1.807, 2.05) is 7.05 Å². The molecule has 1 saturated heterocycles. The highest BCUT2D eigenvalue weighted by Gasteiger charge is 2.31. The third-order valence-corrected chi connectivity index (χ3v) is 4.55. The van der Waals surface area contributed by atoms with Gasteiger partial charge in [0.25, 0.3) is 0 Å². The van der Waals surface area contributed by atoms with Gasteiger partial charge < -0.3 is 10.2 Å². The normalized spacial score (nSPS) is 26.9. The van der Waals surface area contributed by atoms with Crippen LogP contribution < -0.4 is 5.32 Å². The summed E-state index contributed by atoms with van der Waals surface area (Å²) in [6, 6.07) is 0.444. The minimum absolute atomic E-state index is 0.324. The monoisotopic (exact) mass is 252 g/mol. The van der Waals surface area contributed by atoms with Crippen molar-refractivity contribution in [3.8, 4) is 0 Å². The Bertz CT molecular complexity index is 257. The van der Waals surface area contributed by atoms with Crippen LogP contribution in [0.3, 0.4) is 0 Å². The van der Waals surface area contributed by atoms with Gasteiger partial charge in [-0.25, -0.2) is 0 Å². The second-order valence-electron chi connectivity index (χ2n) is 5.93. The molecule has 1 heterocycles. The van der Waals surface area contributed by atoms with Crippen molar-refractivity contribution in [2.75, 3.05) is 20.1 Å². The molecule has 0 aromatic heterocycles. The van der Waals surface area contributed by atoms with E-state index in [2.05, 4.69) is 10.2 Å². The number of hydrogen-bond donors (Lipinski definition) is 1. The van der Waals surface area contributed by atoms with Crippen LogP contribution in [0.15, 0.2) is 0 Å². The quantitative estimate of drug-likeness (QED) is 0.783. The number of likely N-dealkylation sites (tertiary alicyclic amines) is 1. The van der Waals surface area contributed by atoms with Gasteiger partial charge in [-0.3, -0.25) is 4.79 Å². The number of amides is 1. The van der Waals surface area contributed by atoms with Gasteiger partial charge in [-0.1, -0.05) is 25.7 Å². The molecule has 1 aliphatic carbocycles. The molecule has 0 aromatic rings. The highest BCUT2D eigenvalue weighted by Crippen LogP contribution is 2.27. The number of likely N-dealkylation sites (N-methyl/N-ethyl adjacent to an activating group) is 1. The van der Waals surface area contributed by atoms with E-state index in [0.717, 1.165) is 25.9 Å². The maximum atomic E-state index is 12.7. The van der Waals surface area contributed by atoms with Gasteiger partial charge in [0, 0.05) is 25.0 Å². The van der Waals surface area contributed by atoms with Gasteiger partial charge in [0.2, 0.25) is 5.91 Å². The predicted octanol–water partition coefficient (Wildman–Crippen LogP) is 2.56. The topological polar surface area (TPSA) is 32.3 Å². The minimum Gasteiger partial charge on any atom is -0.338 e. The van der Waals surface area contributed by atoms with Crippen LogP contribution in [0.5, 0.6) is 0 Å². The van der Waals surface area contributed by atoms with Crippen molar-refractivity contribution in [3.63, 3.8) is 0 Å². The van der Waals surface area contributed by atoms with Crippen molar-refractivity contribution in [1.29, 1.82) is 0 Å². The Morgan fingerprint density at radius 2 is 1.72 bits per heavy atom. The van der Waals surface area contributed by atoms with E-state index < -0.39 is 0 Å². The van der Waals surface area contributed by atoms with Gasteiger partial charge in [-0.2, -0.15) is 0 Å². The fourth-order valence-corrected chi connectivity index (χ4v) is 3.50. The highest BCUT2D eigenvalue weighted by molar-refractivity contribution is 5.79. The molecule has 1 saturated carbocycles. The second-order valence-corrected chi connectivity index (χ2v) is 5.93. The van der Waals surface area contributed by atoms with Gasteiger partial charge in [0.1, 0.15) is 0 Å². The number of piperidine rings is 1. The Morgan fingerprint density at radius 3 is 2.39 bits per heavy atom. The van der Waals surface area contributed by atoms with Crippen LogP contribution in [0.2, 0.25) is 0 Å². The maximum absolute atomic E-state index is 12.7. The lowest BCUT2D eigenvalue weighted by Crippen LogP contribution is -2.50. The van der Waals surface area contributed by atoms with E-state index in [1.54, 1.807) is 0 Å². The van der Waals surface area contributed by atoms with Crippen LogP contribution >= 0.6 is 0 Å². The molecule has 0 aromatic carbocycles. The second kappa shape index (κ2) is 7.13. The fourth-order valence-electron chi connectivity index (χ4n) is 3.50. The Kier molecular flexibility index (Phi) is 5.48. The minimum atomic E-state index is 0.324. The number of carbonyl (C=O) groups is 1. The molecule has 2 aliphatic rings. The van der Waals surface area contributed by atoms with Crippen LogP contribution in [0.1, 0.15) is 57.8 Å². The van der Waals surface area contributed by atoms with Crippen LogP contribution in [0, 0.1) is 5.92 Å². The first-order valence-corrected chi connectivity index (χ1v) is 7.78. The summed E-state index contributed by atoms with van der Waals surface area (Å²) in [7, 11) is 1.99. The van der Waals surface area contributed by atoms with Crippen LogP contribution in [-0.2, 0) is 4.79 Å². The summed E-state index contributed by atoms with van der Waals surface area (Å²) >= 11 is 0. The highest BCUT2D eigenvalue weighted by atomic mass is 16.2. The van der Waals surface area contributed by atoms with Crippen molar-refractivity contribution in [3.05, 3.63) is 0 Å². The molecule has 2 fully saturated rings. The summed E-state index contributed by atoms with van der Waals surface area (Å²) in [5, 5.41) is 3.24. The van der Waals surface area contributed by atoms with E-state index >= 15 is 0 Å². The first-order valence-electron chi connectivity index (χ1n) is 7.78. The largest absolute Gasteiger partial charge is 0.338 e. The molecule has 0 spiro atoms. The maximum Gasteiger partial charge on any atom is 0.225 e. The molecule has 0 radical (unpaired) electrons. The molecule has 18 heavy (non-hydrogen) atoms. The van der Waals surface area contributed by atoms with Crippen molar-refractivity contribution in [1.82, 2.24) is 10.2 Å². The Labute approximate surface area is 111 Å². The van der Waals surface area contributed by atoms with Crippen molar-refractivity contribution < 1.29 is 4.79 Å². The average molecular weight is 252 g/mol. The molecule has 1 aliphatic heterocycles. The van der Waals surface area contributed by atoms with Gasteiger partial charge in [-0.15, -0.1) is 0 Å². The molecule has 1 atom stereocenters. The molecule has 1 amide bonds. The first kappa shape index (κ1) is 13.9. The summed E-state index contributed by atoms with van der Waals surface area (Å²) < 4.78 is 0. The van der Waals surface area contributed by atoms with Crippen molar-refractivity contribution in [2.24, 2.45) is 5.92 Å². The molecule has 3 heteroatoms. The zero-order valence-corrected chi connectivity index (χ0v) is 11.8. The number of carbonyl (C=O) groups excluding carboxylic acids is 1. The van der Waals surface area contributed by atoms with Crippen LogP contribution in [0.25, 0.3) is 0 Å². The number of nitrogens with one attached hydrogen (secondary N) is 1. The number of rotatable bonds is 3. The summed E-state index contributed by atoms with van der Waals surface area (Å²) in [6.07, 6.45) is 11.1. The SMILES string of the molecule is CNCC1CCCCN1C(=O)C1CCCCCC1. The van der Waals surface area contributed by atoms with Gasteiger partial charge in [-0.05, 0) is 39.2 Å². The van der Waals surface area contributed by atoms with Gasteiger partial charge in [0.05, 0.1) is 0 Å². The Morgan fingerprint density at radius 1 is 1.06 bits per heavy atom. The van der Waals surface area contributed by atoms with E-state index in [1.165, 1.54) is 44.9 Å². The van der Waals surface area contributed by atoms with Crippen molar-refractivity contribution in [2.45, 2.75) is 63.8 Å². The molecule has 1 unspecified atom stereocenters. The standard InChI is InChI=1S/C15H28N2O/c1-16-12-14-10-6-7-11-17(14)15(18)13-8-4-2-3-5-9-13/h13-14,16H,2-12H2,1H3. The zero-order valence-electron chi connectivity index (χ0n) is 11.8. The third kappa shape index (κ3) is 3.47. The summed E-state index contributed by atoms with van der Waals surface area (Å²) in [6.45, 7) is 1.94. The molecule has 104 valence electrons. The molecule has 0 bridgehead atoms. The lowest BCUT2D eigenvalue weighted by atomic mass is 9.94. The zero-order chi connectivity index (χ0) is 12.8. The molecular formula is C15H28N2O. The molecule has 3 nitrogen and oxygen atoms in total. The summed E-state index contributed by atoms with van der Waals surface area (Å²) in [4.78, 5) is 14.9. The lowest BCUT2D eigenvalue weighted by Gasteiger charge is -2.37. The number of nitrogens with zero attached hydrogens (tertiary/aromatic N) is 1. The molecule has 1 N–H and O–H groups in total. The Balaban J connectivity index is 1.95. The summed E-state index contributed by atoms with van der Waals surface area (Å²) in [5.41, 5.74) is 0. The fraction of sp³-hybridized carbons (Fsp3) is 0.933. The Hall–Kier alpha value is -0.570. The molecule has 2 rings (SSSR count). The third-order valence-electron chi connectivity index (χ3n) is 4.55. The average Bonchev–Trinajstić information content (AvgIpc) is 2.68. The van der Waals surface area contributed by atoms with Crippen LogP contribution in [-0.4, -0.2) is 37.0 Å². The van der Waals surface area contributed by atoms with E-state index in [-0.39, 0.29) is 0 Å². The summed E-state index contributed by atoms with van der Waals surface area (Å²) in [5.74, 6) is 0.779. The first-order chi connectivity index (χ1) is 8.83. The molecular weight excluding hydrogens is 224 g/mol. The van der Waals surface area contributed by atoms with Gasteiger partial charge >= 0.3 is 0 Å². The van der Waals surface area contributed by atoms with Crippen LogP contribution in [0.4, 0.5) is 0 Å². The van der Waals surface area contributed by atoms with E-state index in [0.29, 0.717) is 17.9 Å². The van der Waals surface area contributed by atoms with Gasteiger partial charge in [0.15, 0.2) is 0 Å². The number of hydrogen-bond acceptors (Lipinski definition) is 2. The smallest absolute Gasteiger partial charge is 0.225 e.